The number of aliphatic imine (C=N–C) groups is 1. The third-order valence-corrected chi connectivity index (χ3v) is 0.718. The van der Waals surface area contributed by atoms with E-state index in [2.05, 4.69) is 16.0 Å². The predicted octanol–water partition coefficient (Wildman–Crippen LogP) is 0.570. The lowest BCUT2D eigenvalue weighted by Crippen LogP contribution is -1.64. The van der Waals surface area contributed by atoms with Gasteiger partial charge in [-0.25, -0.2) is 4.99 Å². The van der Waals surface area contributed by atoms with Gasteiger partial charge in [0, 0.05) is 6.21 Å². The van der Waals surface area contributed by atoms with Crippen LogP contribution in [0.15, 0.2) is 28.0 Å². The van der Waals surface area contributed by atoms with Crippen molar-refractivity contribution in [1.82, 2.24) is 0 Å². The average Bonchev–Trinajstić information content (AvgIpc) is 2.19. The van der Waals surface area contributed by atoms with Crippen molar-refractivity contribution in [2.75, 3.05) is 0 Å². The van der Waals surface area contributed by atoms with Crippen molar-refractivity contribution >= 4 is 12.1 Å². The molecule has 0 aromatic rings. The summed E-state index contributed by atoms with van der Waals surface area (Å²) in [7, 11) is 0. The fraction of sp³-hybridized carbons (Fsp3) is 0. The van der Waals surface area contributed by atoms with Gasteiger partial charge in [0.05, 0.1) is 5.87 Å². The van der Waals surface area contributed by atoms with Crippen LogP contribution < -0.4 is 0 Å². The Morgan fingerprint density at radius 3 is 3.12 bits per heavy atom. The van der Waals surface area contributed by atoms with Crippen molar-refractivity contribution in [3.8, 4) is 0 Å². The van der Waals surface area contributed by atoms with E-state index in [1.807, 2.05) is 0 Å². The standard InChI is InChI=1S/C5H4N2O/c8-7-4-5-2-1-3-6-5/h1-3,8H. The SMILES string of the molecule is ON=C=C1C=CC=N1. The van der Waals surface area contributed by atoms with Crippen LogP contribution in [0.2, 0.25) is 0 Å². The molecule has 0 saturated carbocycles. The van der Waals surface area contributed by atoms with Gasteiger partial charge in [-0.3, -0.25) is 0 Å². The summed E-state index contributed by atoms with van der Waals surface area (Å²) >= 11 is 0. The normalized spacial score (nSPS) is 14.2. The van der Waals surface area contributed by atoms with Crippen molar-refractivity contribution in [2.45, 2.75) is 0 Å². The number of nitrogens with zero attached hydrogens (tertiary/aromatic N) is 2. The van der Waals surface area contributed by atoms with Crippen LogP contribution in [0.3, 0.4) is 0 Å². The smallest absolute Gasteiger partial charge is 0.127 e. The Labute approximate surface area is 46.4 Å². The molecule has 0 aromatic carbocycles. The molecule has 1 heterocycles. The van der Waals surface area contributed by atoms with Crippen LogP contribution in [0.5, 0.6) is 0 Å². The quantitative estimate of drug-likeness (QED) is 0.275. The third-order valence-electron chi connectivity index (χ3n) is 0.718. The Balaban J connectivity index is 2.91. The van der Waals surface area contributed by atoms with E-state index in [4.69, 9.17) is 5.21 Å². The number of hydrogen-bond donors (Lipinski definition) is 1. The molecular formula is C5H4N2O. The van der Waals surface area contributed by atoms with E-state index in [9.17, 15) is 0 Å². The summed E-state index contributed by atoms with van der Waals surface area (Å²) in [5, 5.41) is 10.6. The highest BCUT2D eigenvalue weighted by Crippen LogP contribution is 1.97. The van der Waals surface area contributed by atoms with Gasteiger partial charge in [-0.2, -0.15) is 0 Å². The highest BCUT2D eigenvalue weighted by Gasteiger charge is 1.87. The summed E-state index contributed by atoms with van der Waals surface area (Å²) in [5.41, 5.74) is 0.549. The van der Waals surface area contributed by atoms with E-state index in [1.165, 1.54) is 0 Å². The predicted molar refractivity (Wildman–Crippen MR) is 30.4 cm³/mol. The average molecular weight is 108 g/mol. The molecular weight excluding hydrogens is 104 g/mol. The fourth-order valence-corrected chi connectivity index (χ4v) is 0.418. The molecule has 0 atom stereocenters. The number of rotatable bonds is 0. The monoisotopic (exact) mass is 108 g/mol. The van der Waals surface area contributed by atoms with E-state index in [0.717, 1.165) is 0 Å². The molecule has 40 valence electrons. The van der Waals surface area contributed by atoms with Gasteiger partial charge in [-0.15, -0.1) is 0 Å². The van der Waals surface area contributed by atoms with Gasteiger partial charge >= 0.3 is 0 Å². The molecule has 1 aliphatic rings. The first kappa shape index (κ1) is 4.81. The van der Waals surface area contributed by atoms with Crippen molar-refractivity contribution in [3.05, 3.63) is 17.8 Å². The number of allylic oxidation sites excluding steroid dienone is 2. The fourth-order valence-electron chi connectivity index (χ4n) is 0.418. The van der Waals surface area contributed by atoms with Crippen LogP contribution in [0, 0.1) is 0 Å². The second-order valence-corrected chi connectivity index (χ2v) is 1.23. The van der Waals surface area contributed by atoms with Crippen molar-refractivity contribution in [1.29, 1.82) is 0 Å². The van der Waals surface area contributed by atoms with Crippen LogP contribution in [0.4, 0.5) is 0 Å². The molecule has 0 aromatic heterocycles. The molecule has 3 heteroatoms. The van der Waals surface area contributed by atoms with E-state index >= 15 is 0 Å². The van der Waals surface area contributed by atoms with Gasteiger partial charge in [0.25, 0.3) is 0 Å². The van der Waals surface area contributed by atoms with Gasteiger partial charge in [-0.05, 0) is 17.3 Å². The molecule has 0 bridgehead atoms. The topological polar surface area (TPSA) is 45.0 Å². The van der Waals surface area contributed by atoms with Crippen LogP contribution >= 0.6 is 0 Å². The zero-order valence-electron chi connectivity index (χ0n) is 4.07. The largest absolute Gasteiger partial charge is 0.404 e. The van der Waals surface area contributed by atoms with Crippen molar-refractivity contribution < 1.29 is 5.21 Å². The highest BCUT2D eigenvalue weighted by molar-refractivity contribution is 5.81. The summed E-state index contributed by atoms with van der Waals surface area (Å²) in [6.07, 6.45) is 5.04. The first-order chi connectivity index (χ1) is 3.93. The molecule has 0 radical (unpaired) electrons. The molecule has 1 aliphatic heterocycles. The Morgan fingerprint density at radius 2 is 2.62 bits per heavy atom. The molecule has 0 spiro atoms. The molecule has 1 N–H and O–H groups in total. The van der Waals surface area contributed by atoms with E-state index in [-0.39, 0.29) is 0 Å². The van der Waals surface area contributed by atoms with Gasteiger partial charge < -0.3 is 5.21 Å². The summed E-state index contributed by atoms with van der Waals surface area (Å²) in [6.45, 7) is 0. The zero-order valence-corrected chi connectivity index (χ0v) is 4.07. The van der Waals surface area contributed by atoms with Gasteiger partial charge in [-0.1, -0.05) is 0 Å². The molecule has 1 rings (SSSR count). The lowest BCUT2D eigenvalue weighted by Gasteiger charge is -1.72. The summed E-state index contributed by atoms with van der Waals surface area (Å²) in [5.74, 6) is 2.26. The van der Waals surface area contributed by atoms with Crippen LogP contribution in [-0.4, -0.2) is 17.3 Å². The second kappa shape index (κ2) is 2.09. The van der Waals surface area contributed by atoms with Crippen LogP contribution in [0.1, 0.15) is 0 Å². The molecule has 3 nitrogen and oxygen atoms in total. The summed E-state index contributed by atoms with van der Waals surface area (Å²) < 4.78 is 0. The van der Waals surface area contributed by atoms with Gasteiger partial charge in [0.15, 0.2) is 0 Å². The molecule has 0 unspecified atom stereocenters. The molecule has 0 amide bonds. The third kappa shape index (κ3) is 0.832. The Hall–Kier alpha value is -1.34. The molecule has 0 saturated heterocycles. The maximum Gasteiger partial charge on any atom is 0.127 e. The molecule has 8 heavy (non-hydrogen) atoms. The first-order valence-corrected chi connectivity index (χ1v) is 2.11. The van der Waals surface area contributed by atoms with Gasteiger partial charge in [0.1, 0.15) is 5.70 Å². The Kier molecular flexibility index (Phi) is 1.26. The van der Waals surface area contributed by atoms with E-state index in [0.29, 0.717) is 5.70 Å². The maximum absolute atomic E-state index is 7.91. The minimum absolute atomic E-state index is 0.549. The van der Waals surface area contributed by atoms with Crippen molar-refractivity contribution in [3.63, 3.8) is 0 Å². The maximum atomic E-state index is 7.91. The second-order valence-electron chi connectivity index (χ2n) is 1.23. The van der Waals surface area contributed by atoms with Crippen molar-refractivity contribution in [2.24, 2.45) is 10.1 Å². The number of hydrogen-bond acceptors (Lipinski definition) is 3. The minimum Gasteiger partial charge on any atom is -0.404 e. The van der Waals surface area contributed by atoms with Crippen LogP contribution in [0.25, 0.3) is 0 Å². The first-order valence-electron chi connectivity index (χ1n) is 2.11. The summed E-state index contributed by atoms with van der Waals surface area (Å²) in [4.78, 5) is 3.74. The lowest BCUT2D eigenvalue weighted by atomic mass is 10.5. The van der Waals surface area contributed by atoms with E-state index < -0.39 is 0 Å². The summed E-state index contributed by atoms with van der Waals surface area (Å²) in [6, 6.07) is 0. The zero-order chi connectivity index (χ0) is 5.82. The lowest BCUT2D eigenvalue weighted by molar-refractivity contribution is 0.322. The highest BCUT2D eigenvalue weighted by atomic mass is 16.4. The van der Waals surface area contributed by atoms with E-state index in [1.54, 1.807) is 18.4 Å². The molecule has 0 fully saturated rings. The minimum atomic E-state index is 0.549. The molecule has 0 aliphatic carbocycles. The Morgan fingerprint density at radius 1 is 1.75 bits per heavy atom. The Bertz CT molecular complexity index is 182. The van der Waals surface area contributed by atoms with Crippen LogP contribution in [-0.2, 0) is 0 Å². The van der Waals surface area contributed by atoms with Gasteiger partial charge in [0.2, 0.25) is 0 Å².